The molecule has 0 aliphatic carbocycles. The Morgan fingerprint density at radius 1 is 1.38 bits per heavy atom. The van der Waals surface area contributed by atoms with E-state index in [1.807, 2.05) is 35.0 Å². The number of hydrogen-bond donors (Lipinski definition) is 2. The maximum Gasteiger partial charge on any atom is 0.317 e. The van der Waals surface area contributed by atoms with Gasteiger partial charge in [-0.3, -0.25) is 4.79 Å². The lowest BCUT2D eigenvalue weighted by Gasteiger charge is -2.33. The summed E-state index contributed by atoms with van der Waals surface area (Å²) in [5.41, 5.74) is 1.87. The van der Waals surface area contributed by atoms with Crippen molar-refractivity contribution in [3.8, 4) is 0 Å². The van der Waals surface area contributed by atoms with E-state index in [2.05, 4.69) is 15.6 Å². The predicted molar refractivity (Wildman–Crippen MR) is 90.7 cm³/mol. The van der Waals surface area contributed by atoms with E-state index < -0.39 is 0 Å². The molecule has 0 bridgehead atoms. The van der Waals surface area contributed by atoms with Crippen LogP contribution in [0.1, 0.15) is 25.5 Å². The summed E-state index contributed by atoms with van der Waals surface area (Å²) < 4.78 is 1.97. The molecule has 1 aliphatic heterocycles. The Morgan fingerprint density at radius 3 is 3.04 bits per heavy atom. The van der Waals surface area contributed by atoms with Gasteiger partial charge in [-0.1, -0.05) is 6.07 Å². The number of nitrogens with one attached hydrogen (secondary N) is 2. The van der Waals surface area contributed by atoms with Gasteiger partial charge >= 0.3 is 6.03 Å². The smallest absolute Gasteiger partial charge is 0.317 e. The van der Waals surface area contributed by atoms with Crippen LogP contribution >= 0.6 is 0 Å². The van der Waals surface area contributed by atoms with Gasteiger partial charge in [0.2, 0.25) is 5.91 Å². The topological polar surface area (TPSA) is 78.7 Å². The normalized spacial score (nSPS) is 17.7. The molecule has 7 heteroatoms. The Bertz CT molecular complexity index is 694. The highest BCUT2D eigenvalue weighted by atomic mass is 16.2. The molecule has 2 aromatic rings. The maximum atomic E-state index is 12.3. The Morgan fingerprint density at radius 2 is 2.25 bits per heavy atom. The van der Waals surface area contributed by atoms with Crippen LogP contribution in [0.5, 0.6) is 0 Å². The lowest BCUT2D eigenvalue weighted by molar-refractivity contribution is -0.119. The standard InChI is InChI=1S/C17H23N5O2/c1-13(23)19-14-5-4-10-22(12-14)17(24)18-8-7-15-11-21-9-3-2-6-16(21)20-15/h2-3,6,9,11,14H,4-5,7-8,10,12H2,1H3,(H,18,24)(H,19,23)/t14-/m1/s1. The molecule has 3 rings (SSSR count). The molecule has 1 fully saturated rings. The van der Waals surface area contributed by atoms with E-state index >= 15 is 0 Å². The average molecular weight is 329 g/mol. The van der Waals surface area contributed by atoms with E-state index in [9.17, 15) is 9.59 Å². The molecular weight excluding hydrogens is 306 g/mol. The molecule has 128 valence electrons. The molecule has 0 saturated carbocycles. The van der Waals surface area contributed by atoms with Gasteiger partial charge in [-0.05, 0) is 25.0 Å². The number of carbonyl (C=O) groups excluding carboxylic acids is 2. The van der Waals surface area contributed by atoms with Crippen molar-refractivity contribution in [3.63, 3.8) is 0 Å². The van der Waals surface area contributed by atoms with Gasteiger partial charge in [0.25, 0.3) is 0 Å². The molecule has 7 nitrogen and oxygen atoms in total. The molecule has 1 aliphatic rings. The first-order valence-corrected chi connectivity index (χ1v) is 8.34. The maximum absolute atomic E-state index is 12.3. The molecule has 1 atom stereocenters. The summed E-state index contributed by atoms with van der Waals surface area (Å²) in [6, 6.07) is 5.85. The van der Waals surface area contributed by atoms with Crippen LogP contribution in [-0.2, 0) is 11.2 Å². The molecule has 0 radical (unpaired) electrons. The Labute approximate surface area is 141 Å². The van der Waals surface area contributed by atoms with Crippen molar-refractivity contribution in [3.05, 3.63) is 36.3 Å². The highest BCUT2D eigenvalue weighted by molar-refractivity contribution is 5.75. The summed E-state index contributed by atoms with van der Waals surface area (Å²) >= 11 is 0. The average Bonchev–Trinajstić information content (AvgIpc) is 2.97. The summed E-state index contributed by atoms with van der Waals surface area (Å²) in [5, 5.41) is 5.83. The van der Waals surface area contributed by atoms with Crippen molar-refractivity contribution in [2.75, 3.05) is 19.6 Å². The minimum atomic E-state index is -0.0752. The summed E-state index contributed by atoms with van der Waals surface area (Å²) in [6.07, 6.45) is 6.46. The quantitative estimate of drug-likeness (QED) is 0.884. The zero-order valence-corrected chi connectivity index (χ0v) is 13.9. The fraction of sp³-hybridized carbons (Fsp3) is 0.471. The van der Waals surface area contributed by atoms with E-state index in [1.54, 1.807) is 4.90 Å². The first-order valence-electron chi connectivity index (χ1n) is 8.34. The van der Waals surface area contributed by atoms with Gasteiger partial charge in [-0.15, -0.1) is 0 Å². The van der Waals surface area contributed by atoms with Crippen LogP contribution in [0.2, 0.25) is 0 Å². The summed E-state index contributed by atoms with van der Waals surface area (Å²) in [7, 11) is 0. The summed E-state index contributed by atoms with van der Waals surface area (Å²) in [5.74, 6) is -0.0471. The van der Waals surface area contributed by atoms with Crippen molar-refractivity contribution in [2.24, 2.45) is 0 Å². The number of pyridine rings is 1. The number of aromatic nitrogens is 2. The molecule has 1 saturated heterocycles. The van der Waals surface area contributed by atoms with Crippen LogP contribution in [-0.4, -0.2) is 51.9 Å². The molecule has 3 amide bonds. The molecular formula is C17H23N5O2. The van der Waals surface area contributed by atoms with Crippen molar-refractivity contribution in [2.45, 2.75) is 32.2 Å². The monoisotopic (exact) mass is 329 g/mol. The van der Waals surface area contributed by atoms with Gasteiger partial charge in [0, 0.05) is 51.4 Å². The van der Waals surface area contributed by atoms with Crippen molar-refractivity contribution < 1.29 is 9.59 Å². The molecule has 2 N–H and O–H groups in total. The molecule has 0 aromatic carbocycles. The Kier molecular flexibility index (Phi) is 4.98. The lowest BCUT2D eigenvalue weighted by Crippen LogP contribution is -2.52. The third-order valence-electron chi connectivity index (χ3n) is 4.19. The highest BCUT2D eigenvalue weighted by Crippen LogP contribution is 2.10. The van der Waals surface area contributed by atoms with E-state index in [1.165, 1.54) is 6.92 Å². The molecule has 0 spiro atoms. The second-order valence-corrected chi connectivity index (χ2v) is 6.17. The van der Waals surface area contributed by atoms with Gasteiger partial charge in [-0.25, -0.2) is 9.78 Å². The predicted octanol–water partition coefficient (Wildman–Crippen LogP) is 1.19. The number of rotatable bonds is 4. The van der Waals surface area contributed by atoms with Crippen LogP contribution in [0.4, 0.5) is 4.79 Å². The van der Waals surface area contributed by atoms with Crippen LogP contribution in [0.25, 0.3) is 5.65 Å². The van der Waals surface area contributed by atoms with Crippen molar-refractivity contribution in [1.29, 1.82) is 0 Å². The number of fused-ring (bicyclic) bond motifs is 1. The number of nitrogens with zero attached hydrogens (tertiary/aromatic N) is 3. The first kappa shape index (κ1) is 16.3. The number of piperidine rings is 1. The number of amides is 3. The van der Waals surface area contributed by atoms with Crippen LogP contribution in [0.15, 0.2) is 30.6 Å². The number of urea groups is 1. The van der Waals surface area contributed by atoms with Crippen molar-refractivity contribution in [1.82, 2.24) is 24.9 Å². The van der Waals surface area contributed by atoms with E-state index in [-0.39, 0.29) is 18.0 Å². The van der Waals surface area contributed by atoms with Crippen molar-refractivity contribution >= 4 is 17.6 Å². The number of carbonyl (C=O) groups is 2. The second-order valence-electron chi connectivity index (χ2n) is 6.17. The minimum absolute atomic E-state index is 0.0471. The van der Waals surface area contributed by atoms with Gasteiger partial charge in [-0.2, -0.15) is 0 Å². The van der Waals surface area contributed by atoms with Crippen LogP contribution in [0.3, 0.4) is 0 Å². The van der Waals surface area contributed by atoms with Gasteiger partial charge in [0.05, 0.1) is 5.69 Å². The third-order valence-corrected chi connectivity index (χ3v) is 4.19. The molecule has 24 heavy (non-hydrogen) atoms. The fourth-order valence-corrected chi connectivity index (χ4v) is 3.08. The fourth-order valence-electron chi connectivity index (χ4n) is 3.08. The number of hydrogen-bond acceptors (Lipinski definition) is 3. The zero-order chi connectivity index (χ0) is 16.9. The van der Waals surface area contributed by atoms with E-state index in [0.717, 1.165) is 30.7 Å². The number of likely N-dealkylation sites (tertiary alicyclic amines) is 1. The SMILES string of the molecule is CC(=O)N[C@@H]1CCCN(C(=O)NCCc2cn3ccccc3n2)C1. The third kappa shape index (κ3) is 4.04. The summed E-state index contributed by atoms with van der Waals surface area (Å²) in [4.78, 5) is 29.7. The van der Waals surface area contributed by atoms with E-state index in [4.69, 9.17) is 0 Å². The largest absolute Gasteiger partial charge is 0.352 e. The van der Waals surface area contributed by atoms with Gasteiger partial charge in [0.15, 0.2) is 0 Å². The first-order chi connectivity index (χ1) is 11.6. The van der Waals surface area contributed by atoms with Crippen LogP contribution < -0.4 is 10.6 Å². The molecule has 2 aromatic heterocycles. The second kappa shape index (κ2) is 7.33. The van der Waals surface area contributed by atoms with E-state index in [0.29, 0.717) is 19.5 Å². The zero-order valence-electron chi connectivity index (χ0n) is 13.9. The van der Waals surface area contributed by atoms with Crippen LogP contribution in [0, 0.1) is 0 Å². The summed E-state index contributed by atoms with van der Waals surface area (Å²) in [6.45, 7) is 3.36. The Balaban J connectivity index is 1.47. The Hall–Kier alpha value is -2.57. The number of imidazole rings is 1. The highest BCUT2D eigenvalue weighted by Gasteiger charge is 2.23. The molecule has 0 unspecified atom stereocenters. The lowest BCUT2D eigenvalue weighted by atomic mass is 10.1. The van der Waals surface area contributed by atoms with Gasteiger partial charge in [0.1, 0.15) is 5.65 Å². The minimum Gasteiger partial charge on any atom is -0.352 e. The molecule has 3 heterocycles. The van der Waals surface area contributed by atoms with Gasteiger partial charge < -0.3 is 19.9 Å².